The molecule has 1 aromatic heterocycles. The maximum atomic E-state index is 11.4. The number of likely N-dealkylation sites (N-methyl/N-ethyl adjacent to an activating group) is 1. The van der Waals surface area contributed by atoms with E-state index < -0.39 is 0 Å². The summed E-state index contributed by atoms with van der Waals surface area (Å²) in [6.07, 6.45) is 1.53. The van der Waals surface area contributed by atoms with Gasteiger partial charge in [-0.05, 0) is 12.2 Å². The van der Waals surface area contributed by atoms with E-state index in [-0.39, 0.29) is 11.9 Å². The molecule has 1 atom stereocenters. The fourth-order valence-electron chi connectivity index (χ4n) is 1.34. The molecular formula is C6H9N5OS. The van der Waals surface area contributed by atoms with Gasteiger partial charge in [-0.3, -0.25) is 19.9 Å². The molecule has 0 saturated carbocycles. The topological polar surface area (TPSA) is 66.0 Å². The zero-order valence-corrected chi connectivity index (χ0v) is 7.84. The van der Waals surface area contributed by atoms with Gasteiger partial charge in [-0.25, -0.2) is 5.01 Å². The second-order valence-electron chi connectivity index (χ2n) is 2.94. The summed E-state index contributed by atoms with van der Waals surface area (Å²) in [7, 11) is 1.81. The number of hydrogen-bond donors (Lipinski definition) is 2. The monoisotopic (exact) mass is 199 g/mol. The van der Waals surface area contributed by atoms with Gasteiger partial charge in [-0.15, -0.1) is 0 Å². The molecule has 0 spiro atoms. The molecule has 0 aliphatic carbocycles. The third-order valence-corrected chi connectivity index (χ3v) is 2.27. The van der Waals surface area contributed by atoms with Gasteiger partial charge in [0.05, 0.1) is 0 Å². The minimum absolute atomic E-state index is 0.0556. The van der Waals surface area contributed by atoms with Crippen LogP contribution in [0.3, 0.4) is 0 Å². The molecule has 2 heterocycles. The second kappa shape index (κ2) is 2.93. The van der Waals surface area contributed by atoms with Crippen molar-refractivity contribution < 1.29 is 4.79 Å². The van der Waals surface area contributed by atoms with Crippen LogP contribution in [-0.4, -0.2) is 39.3 Å². The first kappa shape index (κ1) is 8.39. The van der Waals surface area contributed by atoms with Crippen molar-refractivity contribution in [2.75, 3.05) is 13.6 Å². The maximum absolute atomic E-state index is 11.4. The van der Waals surface area contributed by atoms with Crippen LogP contribution < -0.4 is 5.43 Å². The molecule has 1 amide bonds. The molecule has 1 saturated heterocycles. The lowest BCUT2D eigenvalue weighted by atomic mass is 10.3. The Bertz CT molecular complexity index is 382. The summed E-state index contributed by atoms with van der Waals surface area (Å²) in [6, 6.07) is -0.267. The molecule has 2 N–H and O–H groups in total. The van der Waals surface area contributed by atoms with Gasteiger partial charge in [0.15, 0.2) is 4.77 Å². The highest BCUT2D eigenvalue weighted by molar-refractivity contribution is 7.71. The standard InChI is InChI=1S/C6H9N5OS/c1-10-2-4(5(12)9-10)11-3-7-8-6(11)13/h3-4H,2H2,1H3,(H,8,13)(H,9,12). The molecule has 1 aliphatic rings. The minimum Gasteiger partial charge on any atom is -0.293 e. The number of H-pyrrole nitrogens is 1. The Labute approximate surface area is 79.5 Å². The Morgan fingerprint density at radius 1 is 1.77 bits per heavy atom. The van der Waals surface area contributed by atoms with Crippen LogP contribution in [0.5, 0.6) is 0 Å². The Balaban J connectivity index is 2.33. The van der Waals surface area contributed by atoms with Gasteiger partial charge in [-0.1, -0.05) is 0 Å². The first-order chi connectivity index (χ1) is 6.18. The zero-order valence-electron chi connectivity index (χ0n) is 7.02. The van der Waals surface area contributed by atoms with Crippen LogP contribution in [0.4, 0.5) is 0 Å². The minimum atomic E-state index is -0.267. The summed E-state index contributed by atoms with van der Waals surface area (Å²) in [5.74, 6) is -0.0556. The van der Waals surface area contributed by atoms with Crippen molar-refractivity contribution in [1.82, 2.24) is 25.2 Å². The molecule has 6 nitrogen and oxygen atoms in total. The summed E-state index contributed by atoms with van der Waals surface area (Å²) in [5, 5.41) is 8.10. The number of rotatable bonds is 1. The highest BCUT2D eigenvalue weighted by Gasteiger charge is 2.29. The Hall–Kier alpha value is -1.21. The van der Waals surface area contributed by atoms with Gasteiger partial charge in [0.1, 0.15) is 12.4 Å². The quantitative estimate of drug-likeness (QED) is 0.596. The molecule has 70 valence electrons. The third kappa shape index (κ3) is 1.36. The van der Waals surface area contributed by atoms with Crippen molar-refractivity contribution in [3.05, 3.63) is 11.1 Å². The molecule has 1 aromatic rings. The van der Waals surface area contributed by atoms with Gasteiger partial charge < -0.3 is 0 Å². The number of aromatic nitrogens is 3. The molecule has 2 rings (SSSR count). The van der Waals surface area contributed by atoms with Crippen LogP contribution in [0, 0.1) is 4.77 Å². The van der Waals surface area contributed by atoms with Gasteiger partial charge >= 0.3 is 0 Å². The Kier molecular flexibility index (Phi) is 1.89. The molecule has 7 heteroatoms. The second-order valence-corrected chi connectivity index (χ2v) is 3.33. The van der Waals surface area contributed by atoms with E-state index in [9.17, 15) is 4.79 Å². The lowest BCUT2D eigenvalue weighted by molar-refractivity contribution is -0.123. The van der Waals surface area contributed by atoms with Crippen molar-refractivity contribution in [1.29, 1.82) is 0 Å². The van der Waals surface area contributed by atoms with E-state index in [1.54, 1.807) is 9.58 Å². The van der Waals surface area contributed by atoms with E-state index in [2.05, 4.69) is 15.6 Å². The molecule has 1 fully saturated rings. The van der Waals surface area contributed by atoms with Crippen LogP contribution in [0.25, 0.3) is 0 Å². The molecule has 1 unspecified atom stereocenters. The Morgan fingerprint density at radius 3 is 3.00 bits per heavy atom. The number of hydrogen-bond acceptors (Lipinski definition) is 4. The average molecular weight is 199 g/mol. The van der Waals surface area contributed by atoms with Gasteiger partial charge in [-0.2, -0.15) is 5.10 Å². The number of nitrogens with one attached hydrogen (secondary N) is 2. The number of carbonyl (C=O) groups excluding carboxylic acids is 1. The number of amides is 1. The van der Waals surface area contributed by atoms with Crippen molar-refractivity contribution >= 4 is 18.1 Å². The normalized spacial score (nSPS) is 23.5. The number of aromatic amines is 1. The fourth-order valence-corrected chi connectivity index (χ4v) is 1.57. The van der Waals surface area contributed by atoms with Crippen LogP contribution >= 0.6 is 12.2 Å². The lowest BCUT2D eigenvalue weighted by Crippen LogP contribution is -2.29. The smallest absolute Gasteiger partial charge is 0.258 e. The van der Waals surface area contributed by atoms with Crippen LogP contribution in [0.2, 0.25) is 0 Å². The van der Waals surface area contributed by atoms with E-state index in [0.717, 1.165) is 0 Å². The van der Waals surface area contributed by atoms with Crippen LogP contribution in [0.15, 0.2) is 6.33 Å². The predicted octanol–water partition coefficient (Wildman–Crippen LogP) is -0.542. The van der Waals surface area contributed by atoms with Crippen molar-refractivity contribution in [3.8, 4) is 0 Å². The summed E-state index contributed by atoms with van der Waals surface area (Å²) in [4.78, 5) is 11.4. The molecule has 0 aromatic carbocycles. The molecule has 0 bridgehead atoms. The van der Waals surface area contributed by atoms with Gasteiger partial charge in [0.2, 0.25) is 0 Å². The fraction of sp³-hybridized carbons (Fsp3) is 0.500. The SMILES string of the molecule is CN1CC(n2cn[nH]c2=S)C(=O)N1. The molecular weight excluding hydrogens is 190 g/mol. The van der Waals surface area contributed by atoms with Crippen molar-refractivity contribution in [3.63, 3.8) is 0 Å². The van der Waals surface area contributed by atoms with E-state index in [1.165, 1.54) is 6.33 Å². The van der Waals surface area contributed by atoms with Crippen LogP contribution in [0.1, 0.15) is 6.04 Å². The summed E-state index contributed by atoms with van der Waals surface area (Å²) >= 11 is 4.96. The van der Waals surface area contributed by atoms with Crippen molar-refractivity contribution in [2.45, 2.75) is 6.04 Å². The number of hydrazine groups is 1. The molecule has 13 heavy (non-hydrogen) atoms. The number of carbonyl (C=O) groups is 1. The van der Waals surface area contributed by atoms with Gasteiger partial charge in [0, 0.05) is 13.6 Å². The summed E-state index contributed by atoms with van der Waals surface area (Å²) in [6.45, 7) is 0.604. The number of nitrogens with zero attached hydrogens (tertiary/aromatic N) is 3. The highest BCUT2D eigenvalue weighted by Crippen LogP contribution is 2.12. The van der Waals surface area contributed by atoms with Crippen molar-refractivity contribution in [2.24, 2.45) is 0 Å². The van der Waals surface area contributed by atoms with E-state index in [4.69, 9.17) is 12.2 Å². The summed E-state index contributed by atoms with van der Waals surface area (Å²) in [5.41, 5.74) is 2.67. The van der Waals surface area contributed by atoms with E-state index in [0.29, 0.717) is 11.3 Å². The predicted molar refractivity (Wildman–Crippen MR) is 47.2 cm³/mol. The zero-order chi connectivity index (χ0) is 9.42. The third-order valence-electron chi connectivity index (χ3n) is 1.96. The van der Waals surface area contributed by atoms with E-state index in [1.807, 2.05) is 7.05 Å². The highest BCUT2D eigenvalue weighted by atomic mass is 32.1. The van der Waals surface area contributed by atoms with Gasteiger partial charge in [0.25, 0.3) is 5.91 Å². The maximum Gasteiger partial charge on any atom is 0.258 e. The largest absolute Gasteiger partial charge is 0.293 e. The summed E-state index contributed by atoms with van der Waals surface area (Å²) < 4.78 is 2.12. The van der Waals surface area contributed by atoms with Crippen LogP contribution in [-0.2, 0) is 4.79 Å². The van der Waals surface area contributed by atoms with E-state index >= 15 is 0 Å². The first-order valence-electron chi connectivity index (χ1n) is 3.81. The molecule has 0 radical (unpaired) electrons. The average Bonchev–Trinajstić information content (AvgIpc) is 2.58. The lowest BCUT2D eigenvalue weighted by Gasteiger charge is -2.06. The first-order valence-corrected chi connectivity index (χ1v) is 4.22. The molecule has 1 aliphatic heterocycles. The Morgan fingerprint density at radius 2 is 2.54 bits per heavy atom.